The van der Waals surface area contributed by atoms with E-state index in [9.17, 15) is 0 Å². The molecule has 27 heavy (non-hydrogen) atoms. The first kappa shape index (κ1) is 24.0. The van der Waals surface area contributed by atoms with Gasteiger partial charge in [-0.3, -0.25) is 0 Å². The molecule has 0 saturated carbocycles. The van der Waals surface area contributed by atoms with Crippen LogP contribution in [0.25, 0.3) is 0 Å². The average Bonchev–Trinajstić information content (AvgIpc) is 2.67. The molecular formula is C23H29Br2NP. The van der Waals surface area contributed by atoms with E-state index in [1.807, 2.05) is 0 Å². The molecule has 0 aliphatic rings. The predicted molar refractivity (Wildman–Crippen MR) is 134 cm³/mol. The van der Waals surface area contributed by atoms with Gasteiger partial charge in [-0.05, 0) is 56.4 Å². The van der Waals surface area contributed by atoms with Gasteiger partial charge in [-0.2, -0.15) is 0 Å². The second kappa shape index (κ2) is 11.8. The molecule has 0 spiro atoms. The summed E-state index contributed by atoms with van der Waals surface area (Å²) < 4.78 is 0. The average molecular weight is 510 g/mol. The highest BCUT2D eigenvalue weighted by molar-refractivity contribution is 8.93. The maximum atomic E-state index is 2.32. The van der Waals surface area contributed by atoms with Gasteiger partial charge in [0.15, 0.2) is 0 Å². The van der Waals surface area contributed by atoms with E-state index in [0.29, 0.717) is 0 Å². The molecule has 1 nitrogen and oxygen atoms in total. The van der Waals surface area contributed by atoms with Crippen LogP contribution in [0.3, 0.4) is 0 Å². The van der Waals surface area contributed by atoms with Crippen molar-refractivity contribution in [3.8, 4) is 0 Å². The zero-order valence-electron chi connectivity index (χ0n) is 16.0. The van der Waals surface area contributed by atoms with E-state index in [1.54, 1.807) is 0 Å². The molecule has 0 bridgehead atoms. The second-order valence-corrected chi connectivity index (χ2v) is 10.3. The Balaban J connectivity index is 0.00000182. The number of hydrogen-bond donors (Lipinski definition) is 0. The number of nitrogens with zero attached hydrogens (tertiary/aromatic N) is 1. The Labute approximate surface area is 185 Å². The van der Waals surface area contributed by atoms with E-state index in [0.717, 1.165) is 6.54 Å². The number of halogens is 2. The molecular weight excluding hydrogens is 481 g/mol. The Morgan fingerprint density at radius 2 is 0.926 bits per heavy atom. The highest BCUT2D eigenvalue weighted by Gasteiger charge is 2.33. The maximum Gasteiger partial charge on any atom is -0.00213 e. The summed E-state index contributed by atoms with van der Waals surface area (Å²) in [5.74, 6) is 0. The molecule has 0 atom stereocenters. The van der Waals surface area contributed by atoms with Crippen LogP contribution in [0.2, 0.25) is 0 Å². The van der Waals surface area contributed by atoms with Crippen molar-refractivity contribution in [3.63, 3.8) is 0 Å². The summed E-state index contributed by atoms with van der Waals surface area (Å²) in [6.45, 7) is 1.12. The highest BCUT2D eigenvalue weighted by atomic mass is 79.9. The number of rotatable bonds is 7. The summed E-state index contributed by atoms with van der Waals surface area (Å²) in [5, 5.41) is 4.43. The fourth-order valence-corrected chi connectivity index (χ4v) is 7.83. The molecule has 3 aromatic carbocycles. The van der Waals surface area contributed by atoms with Gasteiger partial charge in [0.2, 0.25) is 0 Å². The van der Waals surface area contributed by atoms with E-state index >= 15 is 0 Å². The first-order valence-corrected chi connectivity index (χ1v) is 10.9. The van der Waals surface area contributed by atoms with E-state index < -0.39 is 7.26 Å². The monoisotopic (exact) mass is 508 g/mol. The summed E-state index contributed by atoms with van der Waals surface area (Å²) in [7, 11) is 2.68. The molecule has 0 fully saturated rings. The Hall–Kier alpha value is -0.990. The van der Waals surface area contributed by atoms with E-state index in [1.165, 1.54) is 28.5 Å². The Bertz CT molecular complexity index is 667. The Morgan fingerprint density at radius 1 is 0.593 bits per heavy atom. The van der Waals surface area contributed by atoms with Crippen molar-refractivity contribution >= 4 is 57.1 Å². The zero-order valence-corrected chi connectivity index (χ0v) is 20.3. The van der Waals surface area contributed by atoms with Crippen LogP contribution in [0.15, 0.2) is 91.0 Å². The highest BCUT2D eigenvalue weighted by Crippen LogP contribution is 2.55. The summed E-state index contributed by atoms with van der Waals surface area (Å²) in [5.41, 5.74) is 0. The van der Waals surface area contributed by atoms with E-state index in [2.05, 4.69) is 110 Å². The van der Waals surface area contributed by atoms with Gasteiger partial charge in [-0.15, -0.1) is 34.0 Å². The fraction of sp³-hybridized carbons (Fsp3) is 0.217. The van der Waals surface area contributed by atoms with Crippen LogP contribution in [0.4, 0.5) is 0 Å². The van der Waals surface area contributed by atoms with E-state index in [4.69, 9.17) is 0 Å². The maximum absolute atomic E-state index is 2.32. The van der Waals surface area contributed by atoms with E-state index in [-0.39, 0.29) is 34.0 Å². The molecule has 1 radical (unpaired) electrons. The molecule has 0 aliphatic carbocycles. The molecule has 0 unspecified atom stereocenters. The summed E-state index contributed by atoms with van der Waals surface area (Å²) in [6, 6.07) is 33.4. The quantitative estimate of drug-likeness (QED) is 0.401. The van der Waals surface area contributed by atoms with Crippen LogP contribution in [0.5, 0.6) is 0 Å². The largest absolute Gasteiger partial charge is 0.309 e. The summed E-state index contributed by atoms with van der Waals surface area (Å²) in [4.78, 5) is 2.29. The van der Waals surface area contributed by atoms with Crippen LogP contribution in [0.1, 0.15) is 6.42 Å². The third kappa shape index (κ3) is 5.74. The van der Waals surface area contributed by atoms with Crippen molar-refractivity contribution in [2.24, 2.45) is 0 Å². The minimum atomic E-state index is -1.64. The second-order valence-electron chi connectivity index (χ2n) is 6.70. The van der Waals surface area contributed by atoms with Crippen molar-refractivity contribution in [3.05, 3.63) is 91.0 Å². The van der Waals surface area contributed by atoms with Crippen LogP contribution in [0, 0.1) is 0 Å². The lowest BCUT2D eigenvalue weighted by atomic mass is 10.3. The molecule has 0 aromatic heterocycles. The fourth-order valence-electron chi connectivity index (χ4n) is 3.51. The van der Waals surface area contributed by atoms with Crippen LogP contribution in [-0.2, 0) is 0 Å². The summed E-state index contributed by atoms with van der Waals surface area (Å²) >= 11 is 0. The minimum Gasteiger partial charge on any atom is -0.309 e. The van der Waals surface area contributed by atoms with Gasteiger partial charge in [0, 0.05) is 0 Å². The van der Waals surface area contributed by atoms with Crippen LogP contribution in [-0.4, -0.2) is 31.7 Å². The van der Waals surface area contributed by atoms with Crippen molar-refractivity contribution in [1.82, 2.24) is 4.90 Å². The first-order valence-electron chi connectivity index (χ1n) is 8.93. The zero-order chi connectivity index (χ0) is 17.5. The van der Waals surface area contributed by atoms with Crippen molar-refractivity contribution < 1.29 is 0 Å². The molecule has 0 aliphatic heterocycles. The van der Waals surface area contributed by atoms with Gasteiger partial charge >= 0.3 is 0 Å². The molecule has 4 heteroatoms. The van der Waals surface area contributed by atoms with Crippen molar-refractivity contribution in [2.75, 3.05) is 26.8 Å². The minimum absolute atomic E-state index is 0. The molecule has 3 aromatic rings. The standard InChI is InChI=1S/C23H27NP.2BrH/c1-24(2)19-12-20-25(21-13-6-3-7-14-21,22-15-8-4-9-16-22)23-17-10-5-11-18-23;;/h3-11,13-18H,12,19-20H2,1-2H3;2*1H. The Morgan fingerprint density at radius 3 is 1.22 bits per heavy atom. The lowest BCUT2D eigenvalue weighted by Crippen LogP contribution is -2.34. The normalized spacial score (nSPS) is 10.8. The number of benzene rings is 3. The third-order valence-corrected chi connectivity index (χ3v) is 9.22. The van der Waals surface area contributed by atoms with Gasteiger partial charge in [0.25, 0.3) is 0 Å². The topological polar surface area (TPSA) is 3.24 Å². The van der Waals surface area contributed by atoms with Crippen LogP contribution < -0.4 is 15.9 Å². The van der Waals surface area contributed by atoms with Gasteiger partial charge < -0.3 is 4.90 Å². The lowest BCUT2D eigenvalue weighted by molar-refractivity contribution is 0.409. The predicted octanol–water partition coefficient (Wildman–Crippen LogP) is 5.09. The SMILES string of the molecule is Br.Br.CN(C)CCC[P](c1ccccc1)(c1ccccc1)c1ccccc1. The van der Waals surface area contributed by atoms with Crippen molar-refractivity contribution in [2.45, 2.75) is 6.42 Å². The van der Waals surface area contributed by atoms with Gasteiger partial charge in [0.1, 0.15) is 0 Å². The Kier molecular flexibility index (Phi) is 10.5. The molecule has 0 N–H and O–H groups in total. The van der Waals surface area contributed by atoms with Gasteiger partial charge in [-0.1, -0.05) is 91.0 Å². The molecule has 0 saturated heterocycles. The van der Waals surface area contributed by atoms with Crippen molar-refractivity contribution in [1.29, 1.82) is 0 Å². The molecule has 145 valence electrons. The van der Waals surface area contributed by atoms with Crippen LogP contribution >= 0.6 is 41.2 Å². The molecule has 0 amide bonds. The van der Waals surface area contributed by atoms with Gasteiger partial charge in [-0.25, -0.2) is 0 Å². The van der Waals surface area contributed by atoms with Gasteiger partial charge in [0.05, 0.1) is 0 Å². The third-order valence-electron chi connectivity index (χ3n) is 4.69. The summed E-state index contributed by atoms with van der Waals surface area (Å²) in [6.07, 6.45) is 2.39. The molecule has 3 rings (SSSR count). The lowest BCUT2D eigenvalue weighted by Gasteiger charge is -2.39. The molecule has 0 heterocycles. The first-order chi connectivity index (χ1) is 12.2. The smallest absolute Gasteiger partial charge is 0.00213 e. The number of hydrogen-bond acceptors (Lipinski definition) is 1.